The molecule has 2 saturated carbocycles. The van der Waals surface area contributed by atoms with Crippen molar-refractivity contribution in [2.45, 2.75) is 70.9 Å². The molecule has 4 heteroatoms. The van der Waals surface area contributed by atoms with Gasteiger partial charge in [0.25, 0.3) is 0 Å². The number of hydrogen-bond acceptors (Lipinski definition) is 2. The van der Waals surface area contributed by atoms with E-state index in [-0.39, 0.29) is 17.9 Å². The first kappa shape index (κ1) is 14.9. The molecule has 2 aliphatic carbocycles. The molecule has 0 bridgehead atoms. The summed E-state index contributed by atoms with van der Waals surface area (Å²) in [7, 11) is 0. The summed E-state index contributed by atoms with van der Waals surface area (Å²) in [6, 6.07) is -0.261. The van der Waals surface area contributed by atoms with E-state index in [1.54, 1.807) is 0 Å². The third kappa shape index (κ3) is 2.95. The van der Waals surface area contributed by atoms with Gasteiger partial charge >= 0.3 is 0 Å². The SMILES string of the molecule is CC(C)CC1C(=O)NC(C)(C2CC2)C(=O)N1CCC1CC1. The molecule has 3 rings (SSSR count). The van der Waals surface area contributed by atoms with Gasteiger partial charge < -0.3 is 10.2 Å². The minimum Gasteiger partial charge on any atom is -0.340 e. The lowest BCUT2D eigenvalue weighted by Gasteiger charge is -2.45. The summed E-state index contributed by atoms with van der Waals surface area (Å²) in [5.41, 5.74) is -0.645. The van der Waals surface area contributed by atoms with Crippen molar-refractivity contribution in [1.82, 2.24) is 10.2 Å². The van der Waals surface area contributed by atoms with Crippen molar-refractivity contribution >= 4 is 11.8 Å². The molecule has 1 N–H and O–H groups in total. The fourth-order valence-corrected chi connectivity index (χ4v) is 3.58. The maximum Gasteiger partial charge on any atom is 0.249 e. The van der Waals surface area contributed by atoms with Gasteiger partial charge in [-0.15, -0.1) is 0 Å². The van der Waals surface area contributed by atoms with Crippen LogP contribution in [0, 0.1) is 17.8 Å². The van der Waals surface area contributed by atoms with Crippen molar-refractivity contribution < 1.29 is 9.59 Å². The molecule has 118 valence electrons. The Balaban J connectivity index is 1.78. The zero-order valence-electron chi connectivity index (χ0n) is 13.5. The molecule has 0 aromatic rings. The smallest absolute Gasteiger partial charge is 0.249 e. The first-order valence-electron chi connectivity index (χ1n) is 8.55. The lowest BCUT2D eigenvalue weighted by molar-refractivity contribution is -0.156. The number of carbonyl (C=O) groups excluding carboxylic acids is 2. The number of hydrogen-bond donors (Lipinski definition) is 1. The fraction of sp³-hybridized carbons (Fsp3) is 0.882. The molecule has 0 aromatic carbocycles. The van der Waals surface area contributed by atoms with E-state index >= 15 is 0 Å². The monoisotopic (exact) mass is 292 g/mol. The predicted octanol–water partition coefficient (Wildman–Crippen LogP) is 2.33. The molecular weight excluding hydrogens is 264 g/mol. The fourth-order valence-electron chi connectivity index (χ4n) is 3.58. The summed E-state index contributed by atoms with van der Waals surface area (Å²) in [5.74, 6) is 1.78. The highest BCUT2D eigenvalue weighted by atomic mass is 16.2. The molecule has 2 unspecified atom stereocenters. The Morgan fingerprint density at radius 1 is 1.24 bits per heavy atom. The average Bonchev–Trinajstić information content (AvgIpc) is 3.27. The topological polar surface area (TPSA) is 49.4 Å². The summed E-state index contributed by atoms with van der Waals surface area (Å²) in [6.45, 7) is 6.92. The van der Waals surface area contributed by atoms with Crippen LogP contribution in [0.5, 0.6) is 0 Å². The molecular formula is C17H28N2O2. The van der Waals surface area contributed by atoms with Gasteiger partial charge in [-0.3, -0.25) is 9.59 Å². The number of carbonyl (C=O) groups is 2. The van der Waals surface area contributed by atoms with Crippen molar-refractivity contribution in [1.29, 1.82) is 0 Å². The van der Waals surface area contributed by atoms with E-state index in [0.717, 1.165) is 38.1 Å². The van der Waals surface area contributed by atoms with Crippen LogP contribution >= 0.6 is 0 Å². The van der Waals surface area contributed by atoms with E-state index in [1.807, 2.05) is 11.8 Å². The third-order valence-corrected chi connectivity index (χ3v) is 5.33. The second-order valence-corrected chi connectivity index (χ2v) is 7.84. The van der Waals surface area contributed by atoms with Gasteiger partial charge in [-0.1, -0.05) is 26.7 Å². The van der Waals surface area contributed by atoms with Crippen molar-refractivity contribution in [3.63, 3.8) is 0 Å². The summed E-state index contributed by atoms with van der Waals surface area (Å²) in [4.78, 5) is 27.5. The van der Waals surface area contributed by atoms with Gasteiger partial charge in [-0.2, -0.15) is 0 Å². The molecule has 21 heavy (non-hydrogen) atoms. The number of piperazine rings is 1. The predicted molar refractivity (Wildman–Crippen MR) is 81.6 cm³/mol. The average molecular weight is 292 g/mol. The van der Waals surface area contributed by atoms with Gasteiger partial charge in [0.2, 0.25) is 11.8 Å². The first-order valence-corrected chi connectivity index (χ1v) is 8.55. The van der Waals surface area contributed by atoms with E-state index in [2.05, 4.69) is 19.2 Å². The molecule has 2 atom stereocenters. The van der Waals surface area contributed by atoms with E-state index < -0.39 is 5.54 Å². The number of nitrogens with zero attached hydrogens (tertiary/aromatic N) is 1. The lowest BCUT2D eigenvalue weighted by atomic mass is 9.87. The van der Waals surface area contributed by atoms with Crippen LogP contribution in [0.3, 0.4) is 0 Å². The quantitative estimate of drug-likeness (QED) is 0.817. The van der Waals surface area contributed by atoms with E-state index in [4.69, 9.17) is 0 Å². The molecule has 2 amide bonds. The molecule has 0 radical (unpaired) electrons. The first-order chi connectivity index (χ1) is 9.91. The van der Waals surface area contributed by atoms with Crippen LogP contribution in [0.25, 0.3) is 0 Å². The summed E-state index contributed by atoms with van der Waals surface area (Å²) < 4.78 is 0. The highest BCUT2D eigenvalue weighted by Crippen LogP contribution is 2.43. The Bertz CT molecular complexity index is 440. The molecule has 1 saturated heterocycles. The standard InChI is InChI=1S/C17H28N2O2/c1-11(2)10-14-15(20)18-17(3,13-6-7-13)16(21)19(14)9-8-12-4-5-12/h11-14H,4-10H2,1-3H3,(H,18,20). The van der Waals surface area contributed by atoms with Crippen LogP contribution in [-0.4, -0.2) is 34.8 Å². The van der Waals surface area contributed by atoms with Crippen LogP contribution in [0.15, 0.2) is 0 Å². The maximum absolute atomic E-state index is 13.0. The minimum atomic E-state index is -0.645. The van der Waals surface area contributed by atoms with Crippen LogP contribution < -0.4 is 5.32 Å². The third-order valence-electron chi connectivity index (χ3n) is 5.33. The Hall–Kier alpha value is -1.06. The summed E-state index contributed by atoms with van der Waals surface area (Å²) >= 11 is 0. The Kier molecular flexibility index (Phi) is 3.74. The molecule has 4 nitrogen and oxygen atoms in total. The zero-order valence-corrected chi connectivity index (χ0v) is 13.5. The molecule has 3 aliphatic rings. The summed E-state index contributed by atoms with van der Waals surface area (Å²) in [5, 5.41) is 3.06. The largest absolute Gasteiger partial charge is 0.340 e. The second-order valence-electron chi connectivity index (χ2n) is 7.84. The Labute approximate surface area is 127 Å². The number of rotatable bonds is 6. The van der Waals surface area contributed by atoms with Gasteiger partial charge in [0.05, 0.1) is 0 Å². The van der Waals surface area contributed by atoms with E-state index in [0.29, 0.717) is 11.8 Å². The minimum absolute atomic E-state index is 0.0634. The van der Waals surface area contributed by atoms with Crippen LogP contribution in [0.4, 0.5) is 0 Å². The highest BCUT2D eigenvalue weighted by Gasteiger charge is 2.55. The molecule has 0 aromatic heterocycles. The summed E-state index contributed by atoms with van der Waals surface area (Å²) in [6.07, 6.45) is 6.55. The van der Waals surface area contributed by atoms with E-state index in [9.17, 15) is 9.59 Å². The van der Waals surface area contributed by atoms with Crippen molar-refractivity contribution in [2.75, 3.05) is 6.54 Å². The molecule has 3 fully saturated rings. The normalized spacial score (nSPS) is 33.5. The van der Waals surface area contributed by atoms with Crippen molar-refractivity contribution in [2.24, 2.45) is 17.8 Å². The van der Waals surface area contributed by atoms with Crippen LogP contribution in [-0.2, 0) is 9.59 Å². The highest BCUT2D eigenvalue weighted by molar-refractivity contribution is 6.00. The van der Waals surface area contributed by atoms with Gasteiger partial charge in [-0.05, 0) is 50.4 Å². The number of nitrogens with one attached hydrogen (secondary N) is 1. The van der Waals surface area contributed by atoms with Crippen LogP contribution in [0.2, 0.25) is 0 Å². The lowest BCUT2D eigenvalue weighted by Crippen LogP contribution is -2.70. The van der Waals surface area contributed by atoms with Gasteiger partial charge in [0, 0.05) is 6.54 Å². The van der Waals surface area contributed by atoms with Crippen molar-refractivity contribution in [3.8, 4) is 0 Å². The Morgan fingerprint density at radius 3 is 2.43 bits per heavy atom. The molecule has 1 aliphatic heterocycles. The van der Waals surface area contributed by atoms with Gasteiger partial charge in [0.15, 0.2) is 0 Å². The molecule has 0 spiro atoms. The van der Waals surface area contributed by atoms with Gasteiger partial charge in [-0.25, -0.2) is 0 Å². The second kappa shape index (κ2) is 5.29. The van der Waals surface area contributed by atoms with Gasteiger partial charge in [0.1, 0.15) is 11.6 Å². The molecule has 1 heterocycles. The van der Waals surface area contributed by atoms with Crippen molar-refractivity contribution in [3.05, 3.63) is 0 Å². The zero-order chi connectivity index (χ0) is 15.2. The van der Waals surface area contributed by atoms with E-state index in [1.165, 1.54) is 12.8 Å². The maximum atomic E-state index is 13.0. The number of amides is 2. The Morgan fingerprint density at radius 2 is 1.90 bits per heavy atom. The van der Waals surface area contributed by atoms with Crippen LogP contribution in [0.1, 0.15) is 59.3 Å².